The van der Waals surface area contributed by atoms with Gasteiger partial charge in [-0.3, -0.25) is 0 Å². The van der Waals surface area contributed by atoms with Gasteiger partial charge in [0.2, 0.25) is 0 Å². The second-order valence-corrected chi connectivity index (χ2v) is 11.7. The van der Waals surface area contributed by atoms with Crippen LogP contribution in [0.2, 0.25) is 0 Å². The van der Waals surface area contributed by atoms with Crippen LogP contribution >= 0.6 is 0 Å². The molecule has 0 saturated heterocycles. The quantitative estimate of drug-likeness (QED) is 0.499. The Hall–Kier alpha value is -0.560. The number of aliphatic hydroxyl groups excluding tert-OH is 1. The first kappa shape index (κ1) is 20.7. The van der Waals surface area contributed by atoms with Gasteiger partial charge in [-0.1, -0.05) is 43.6 Å². The van der Waals surface area contributed by atoms with Gasteiger partial charge in [0.15, 0.2) is 0 Å². The van der Waals surface area contributed by atoms with Crippen molar-refractivity contribution in [1.29, 1.82) is 0 Å². The highest BCUT2D eigenvalue weighted by Gasteiger charge is 2.55. The van der Waals surface area contributed by atoms with Crippen LogP contribution in [0.3, 0.4) is 0 Å². The van der Waals surface area contributed by atoms with Crippen molar-refractivity contribution >= 4 is 0 Å². The number of aliphatic hydroxyl groups is 1. The lowest BCUT2D eigenvalue weighted by molar-refractivity contribution is 0.0133. The number of rotatable bonds is 4. The zero-order chi connectivity index (χ0) is 20.1. The summed E-state index contributed by atoms with van der Waals surface area (Å²) in [6.07, 6.45) is 16.7. The molecule has 4 aliphatic carbocycles. The van der Waals surface area contributed by atoms with Gasteiger partial charge in [-0.25, -0.2) is 0 Å². The van der Waals surface area contributed by atoms with Crippen LogP contribution in [0, 0.1) is 34.5 Å². The molecule has 0 bridgehead atoms. The average Bonchev–Trinajstić information content (AvgIpc) is 2.99. The molecule has 0 amide bonds. The molecule has 7 atom stereocenters. The second-order valence-electron chi connectivity index (χ2n) is 11.7. The predicted octanol–water partition coefficient (Wildman–Crippen LogP) is 7.45. The number of fused-ring (bicyclic) bond motifs is 4. The van der Waals surface area contributed by atoms with Crippen molar-refractivity contribution in [2.24, 2.45) is 34.5 Å². The topological polar surface area (TPSA) is 20.2 Å². The first-order valence-electron chi connectivity index (χ1n) is 12.3. The van der Waals surface area contributed by atoms with Crippen LogP contribution in [0.1, 0.15) is 105 Å². The lowest BCUT2D eigenvalue weighted by atomic mass is 9.50. The average molecular weight is 385 g/mol. The van der Waals surface area contributed by atoms with E-state index in [1.807, 2.05) is 11.1 Å². The van der Waals surface area contributed by atoms with Crippen molar-refractivity contribution in [3.63, 3.8) is 0 Å². The van der Waals surface area contributed by atoms with E-state index in [1.165, 1.54) is 63.4 Å². The zero-order valence-electron chi connectivity index (χ0n) is 19.2. The van der Waals surface area contributed by atoms with Gasteiger partial charge in [0, 0.05) is 0 Å². The van der Waals surface area contributed by atoms with E-state index in [-0.39, 0.29) is 6.10 Å². The molecule has 0 unspecified atom stereocenters. The van der Waals surface area contributed by atoms with Gasteiger partial charge >= 0.3 is 0 Å². The van der Waals surface area contributed by atoms with E-state index in [2.05, 4.69) is 40.7 Å². The molecule has 2 saturated carbocycles. The standard InChI is InChI=1S/C27H44O/c1-18(2)7-6-8-19(3)23-11-12-24-22-10-9-20-17-21(28)13-15-26(20,4)25(22)14-16-27(23,24)5/h7,19-21,23-24,28H,6,8-17H2,1-5H3/t19-,20-,21-,23+,24-,26-,27+/m0/s1. The van der Waals surface area contributed by atoms with E-state index < -0.39 is 0 Å². The van der Waals surface area contributed by atoms with E-state index in [9.17, 15) is 5.11 Å². The molecule has 0 aromatic rings. The Morgan fingerprint density at radius 1 is 1.11 bits per heavy atom. The molecule has 0 aliphatic heterocycles. The smallest absolute Gasteiger partial charge is 0.0543 e. The van der Waals surface area contributed by atoms with Crippen LogP contribution in [0.15, 0.2) is 22.8 Å². The van der Waals surface area contributed by atoms with Crippen molar-refractivity contribution in [3.8, 4) is 0 Å². The van der Waals surface area contributed by atoms with Crippen molar-refractivity contribution in [1.82, 2.24) is 0 Å². The highest BCUT2D eigenvalue weighted by atomic mass is 16.3. The highest BCUT2D eigenvalue weighted by Crippen LogP contribution is 2.65. The summed E-state index contributed by atoms with van der Waals surface area (Å²) in [6.45, 7) is 12.2. The largest absolute Gasteiger partial charge is 0.393 e. The summed E-state index contributed by atoms with van der Waals surface area (Å²) in [7, 11) is 0. The zero-order valence-corrected chi connectivity index (χ0v) is 19.2. The Kier molecular flexibility index (Phi) is 5.62. The molecule has 4 aliphatic rings. The Labute approximate surface area is 174 Å². The van der Waals surface area contributed by atoms with Gasteiger partial charge in [-0.05, 0) is 119 Å². The summed E-state index contributed by atoms with van der Waals surface area (Å²) < 4.78 is 0. The van der Waals surface area contributed by atoms with E-state index in [1.54, 1.807) is 0 Å². The summed E-state index contributed by atoms with van der Waals surface area (Å²) in [5, 5.41) is 10.2. The summed E-state index contributed by atoms with van der Waals surface area (Å²) in [4.78, 5) is 0. The maximum absolute atomic E-state index is 10.2. The molecular weight excluding hydrogens is 340 g/mol. The minimum atomic E-state index is -0.0356. The van der Waals surface area contributed by atoms with Gasteiger partial charge in [-0.15, -0.1) is 0 Å². The lowest BCUT2D eigenvalue weighted by Gasteiger charge is -2.55. The summed E-state index contributed by atoms with van der Waals surface area (Å²) in [5.74, 6) is 3.36. The molecule has 0 radical (unpaired) electrons. The van der Waals surface area contributed by atoms with Crippen molar-refractivity contribution in [3.05, 3.63) is 22.8 Å². The minimum Gasteiger partial charge on any atom is -0.393 e. The maximum atomic E-state index is 10.2. The van der Waals surface area contributed by atoms with Crippen molar-refractivity contribution in [2.75, 3.05) is 0 Å². The van der Waals surface area contributed by atoms with E-state index in [4.69, 9.17) is 0 Å². The minimum absolute atomic E-state index is 0.0356. The SMILES string of the molecule is CC(C)=CCC[C@H](C)[C@H]1CC[C@H]2C3=C(CC[C@]12C)[C@@]1(C)CC[C@H](O)C[C@@H]1CC3. The van der Waals surface area contributed by atoms with Gasteiger partial charge in [0.25, 0.3) is 0 Å². The maximum Gasteiger partial charge on any atom is 0.0543 e. The Bertz CT molecular complexity index is 653. The molecule has 1 N–H and O–H groups in total. The van der Waals surface area contributed by atoms with Crippen LogP contribution in [0.25, 0.3) is 0 Å². The molecule has 2 fully saturated rings. The van der Waals surface area contributed by atoms with E-state index >= 15 is 0 Å². The third kappa shape index (κ3) is 3.34. The molecule has 158 valence electrons. The molecule has 0 heterocycles. The third-order valence-corrected chi connectivity index (χ3v) is 9.90. The number of hydrogen-bond acceptors (Lipinski definition) is 1. The summed E-state index contributed by atoms with van der Waals surface area (Å²) in [6, 6.07) is 0. The Balaban J connectivity index is 1.55. The molecular formula is C27H44O. The molecule has 1 nitrogen and oxygen atoms in total. The van der Waals surface area contributed by atoms with E-state index in [0.717, 1.165) is 36.5 Å². The second kappa shape index (κ2) is 7.60. The molecule has 4 rings (SSSR count). The monoisotopic (exact) mass is 384 g/mol. The fourth-order valence-electron chi connectivity index (χ4n) is 8.25. The van der Waals surface area contributed by atoms with Crippen LogP contribution in [-0.4, -0.2) is 11.2 Å². The van der Waals surface area contributed by atoms with Crippen LogP contribution < -0.4 is 0 Å². The van der Waals surface area contributed by atoms with E-state index in [0.29, 0.717) is 10.8 Å². The van der Waals surface area contributed by atoms with Crippen LogP contribution in [0.4, 0.5) is 0 Å². The van der Waals surface area contributed by atoms with Gasteiger partial charge in [-0.2, -0.15) is 0 Å². The van der Waals surface area contributed by atoms with Crippen molar-refractivity contribution in [2.45, 2.75) is 111 Å². The lowest BCUT2D eigenvalue weighted by Crippen LogP contribution is -2.45. The Morgan fingerprint density at radius 2 is 1.89 bits per heavy atom. The highest BCUT2D eigenvalue weighted by molar-refractivity contribution is 5.34. The normalized spacial score (nSPS) is 43.8. The fourth-order valence-corrected chi connectivity index (χ4v) is 8.25. The predicted molar refractivity (Wildman–Crippen MR) is 119 cm³/mol. The van der Waals surface area contributed by atoms with Crippen molar-refractivity contribution < 1.29 is 5.11 Å². The van der Waals surface area contributed by atoms with Gasteiger partial charge in [0.05, 0.1) is 6.10 Å². The molecule has 0 aromatic heterocycles. The molecule has 28 heavy (non-hydrogen) atoms. The van der Waals surface area contributed by atoms with Crippen LogP contribution in [0.5, 0.6) is 0 Å². The summed E-state index contributed by atoms with van der Waals surface area (Å²) >= 11 is 0. The summed E-state index contributed by atoms with van der Waals surface area (Å²) in [5.41, 5.74) is 6.19. The third-order valence-electron chi connectivity index (χ3n) is 9.90. The molecule has 0 spiro atoms. The van der Waals surface area contributed by atoms with Gasteiger partial charge < -0.3 is 5.11 Å². The van der Waals surface area contributed by atoms with Gasteiger partial charge in [0.1, 0.15) is 0 Å². The first-order chi connectivity index (χ1) is 13.3. The number of allylic oxidation sites excluding steroid dienone is 4. The first-order valence-corrected chi connectivity index (χ1v) is 12.3. The molecule has 0 aromatic carbocycles. The number of hydrogen-bond donors (Lipinski definition) is 1. The Morgan fingerprint density at radius 3 is 2.64 bits per heavy atom. The fraction of sp³-hybridized carbons (Fsp3) is 0.852. The van der Waals surface area contributed by atoms with Crippen LogP contribution in [-0.2, 0) is 0 Å². The molecule has 1 heteroatoms.